The summed E-state index contributed by atoms with van der Waals surface area (Å²) in [5.41, 5.74) is 8.29. The van der Waals surface area contributed by atoms with E-state index in [9.17, 15) is 0 Å². The Bertz CT molecular complexity index is 314. The molecule has 0 spiro atoms. The van der Waals surface area contributed by atoms with E-state index in [4.69, 9.17) is 5.73 Å². The first kappa shape index (κ1) is 11.6. The van der Waals surface area contributed by atoms with Gasteiger partial charge in [-0.1, -0.05) is 30.7 Å². The number of nitrogens with two attached hydrogens (primary N) is 1. The summed E-state index contributed by atoms with van der Waals surface area (Å²) in [6.07, 6.45) is 5.15. The van der Waals surface area contributed by atoms with Crippen LogP contribution in [0.25, 0.3) is 0 Å². The number of hydrogen-bond acceptors (Lipinski definition) is 2. The van der Waals surface area contributed by atoms with Gasteiger partial charge in [-0.15, -0.1) is 0 Å². The van der Waals surface area contributed by atoms with Crippen molar-refractivity contribution in [2.75, 3.05) is 13.6 Å². The van der Waals surface area contributed by atoms with Crippen molar-refractivity contribution in [3.63, 3.8) is 0 Å². The number of rotatable bonds is 5. The number of hydrogen-bond donors (Lipinski definition) is 1. The molecule has 2 nitrogen and oxygen atoms in total. The quantitative estimate of drug-likeness (QED) is 0.820. The molecule has 1 aliphatic rings. The van der Waals surface area contributed by atoms with Gasteiger partial charge in [0.1, 0.15) is 0 Å². The van der Waals surface area contributed by atoms with Gasteiger partial charge in [0.2, 0.25) is 0 Å². The second kappa shape index (κ2) is 5.46. The van der Waals surface area contributed by atoms with E-state index in [0.717, 1.165) is 25.6 Å². The lowest BCUT2D eigenvalue weighted by Gasteiger charge is -2.34. The number of nitrogens with zero attached hydrogens (tertiary/aromatic N) is 1. The molecule has 1 aliphatic carbocycles. The van der Waals surface area contributed by atoms with Crippen molar-refractivity contribution in [2.24, 2.45) is 5.73 Å². The molecule has 0 radical (unpaired) electrons. The highest BCUT2D eigenvalue weighted by Crippen LogP contribution is 2.24. The Labute approximate surface area is 98.4 Å². The van der Waals surface area contributed by atoms with E-state index >= 15 is 0 Å². The van der Waals surface area contributed by atoms with Gasteiger partial charge in [0.15, 0.2) is 0 Å². The first-order chi connectivity index (χ1) is 7.79. The summed E-state index contributed by atoms with van der Waals surface area (Å²) >= 11 is 0. The lowest BCUT2D eigenvalue weighted by molar-refractivity contribution is 0.152. The standard InChI is InChI=1S/C14H22N2/c1-16(14-3-2-4-14)11-13-7-5-12(6-8-13)9-10-15/h5-8,14H,2-4,9-11,15H2,1H3. The van der Waals surface area contributed by atoms with Crippen LogP contribution in [-0.2, 0) is 13.0 Å². The van der Waals surface area contributed by atoms with Crippen molar-refractivity contribution in [2.45, 2.75) is 38.3 Å². The fraction of sp³-hybridized carbons (Fsp3) is 0.571. The predicted octanol–water partition coefficient (Wildman–Crippen LogP) is 2.17. The summed E-state index contributed by atoms with van der Waals surface area (Å²) in [6, 6.07) is 9.71. The molecule has 1 saturated carbocycles. The van der Waals surface area contributed by atoms with Crippen molar-refractivity contribution in [1.29, 1.82) is 0 Å². The summed E-state index contributed by atoms with van der Waals surface area (Å²) in [7, 11) is 2.23. The second-order valence-corrected chi connectivity index (χ2v) is 4.86. The van der Waals surface area contributed by atoms with Crippen LogP contribution in [0.4, 0.5) is 0 Å². The van der Waals surface area contributed by atoms with E-state index in [2.05, 4.69) is 36.2 Å². The normalized spacial score (nSPS) is 16.4. The Balaban J connectivity index is 1.88. The van der Waals surface area contributed by atoms with Crippen LogP contribution < -0.4 is 5.73 Å². The van der Waals surface area contributed by atoms with Crippen molar-refractivity contribution >= 4 is 0 Å². The van der Waals surface area contributed by atoms with Crippen LogP contribution in [0.15, 0.2) is 24.3 Å². The maximum atomic E-state index is 5.54. The molecule has 2 heteroatoms. The molecule has 1 aromatic rings. The van der Waals surface area contributed by atoms with E-state index in [0.29, 0.717) is 0 Å². The van der Waals surface area contributed by atoms with E-state index in [1.165, 1.54) is 30.4 Å². The van der Waals surface area contributed by atoms with Crippen LogP contribution in [0.5, 0.6) is 0 Å². The minimum absolute atomic E-state index is 0.737. The fourth-order valence-corrected chi connectivity index (χ4v) is 2.22. The van der Waals surface area contributed by atoms with E-state index in [-0.39, 0.29) is 0 Å². The summed E-state index contributed by atoms with van der Waals surface area (Å²) < 4.78 is 0. The zero-order chi connectivity index (χ0) is 11.4. The monoisotopic (exact) mass is 218 g/mol. The van der Waals surface area contributed by atoms with Gasteiger partial charge >= 0.3 is 0 Å². The minimum Gasteiger partial charge on any atom is -0.330 e. The molecule has 16 heavy (non-hydrogen) atoms. The maximum absolute atomic E-state index is 5.54. The Morgan fingerprint density at radius 2 is 1.81 bits per heavy atom. The molecule has 0 amide bonds. The lowest BCUT2D eigenvalue weighted by Crippen LogP contribution is -2.36. The first-order valence-electron chi connectivity index (χ1n) is 6.27. The van der Waals surface area contributed by atoms with Gasteiger partial charge in [-0.05, 0) is 44.0 Å². The Morgan fingerprint density at radius 3 is 2.31 bits per heavy atom. The van der Waals surface area contributed by atoms with Gasteiger partial charge in [0.05, 0.1) is 0 Å². The summed E-state index contributed by atoms with van der Waals surface area (Å²) in [5.74, 6) is 0. The minimum atomic E-state index is 0.737. The average Bonchev–Trinajstić information content (AvgIpc) is 2.18. The van der Waals surface area contributed by atoms with Crippen LogP contribution in [-0.4, -0.2) is 24.5 Å². The third-order valence-corrected chi connectivity index (χ3v) is 3.59. The fourth-order valence-electron chi connectivity index (χ4n) is 2.22. The third-order valence-electron chi connectivity index (χ3n) is 3.59. The molecule has 0 saturated heterocycles. The van der Waals surface area contributed by atoms with Crippen molar-refractivity contribution < 1.29 is 0 Å². The SMILES string of the molecule is CN(Cc1ccc(CCN)cc1)C1CCC1. The Hall–Kier alpha value is -0.860. The van der Waals surface area contributed by atoms with E-state index < -0.39 is 0 Å². The number of benzene rings is 1. The van der Waals surface area contributed by atoms with Gasteiger partial charge in [0.25, 0.3) is 0 Å². The highest BCUT2D eigenvalue weighted by Gasteiger charge is 2.21. The summed E-state index contributed by atoms with van der Waals surface area (Å²) in [5, 5.41) is 0. The topological polar surface area (TPSA) is 29.3 Å². The zero-order valence-corrected chi connectivity index (χ0v) is 10.2. The van der Waals surface area contributed by atoms with Gasteiger partial charge in [0, 0.05) is 12.6 Å². The van der Waals surface area contributed by atoms with Crippen LogP contribution >= 0.6 is 0 Å². The molecule has 0 atom stereocenters. The highest BCUT2D eigenvalue weighted by molar-refractivity contribution is 5.22. The zero-order valence-electron chi connectivity index (χ0n) is 10.2. The van der Waals surface area contributed by atoms with Crippen LogP contribution in [0, 0.1) is 0 Å². The molecule has 0 unspecified atom stereocenters. The molecule has 0 heterocycles. The van der Waals surface area contributed by atoms with Crippen molar-refractivity contribution in [3.8, 4) is 0 Å². The Morgan fingerprint density at radius 1 is 1.19 bits per heavy atom. The van der Waals surface area contributed by atoms with Crippen LogP contribution in [0.2, 0.25) is 0 Å². The molecule has 0 aromatic heterocycles. The lowest BCUT2D eigenvalue weighted by atomic mass is 9.91. The second-order valence-electron chi connectivity index (χ2n) is 4.86. The first-order valence-corrected chi connectivity index (χ1v) is 6.27. The average molecular weight is 218 g/mol. The molecule has 1 aromatic carbocycles. The molecule has 1 fully saturated rings. The van der Waals surface area contributed by atoms with E-state index in [1.807, 2.05) is 0 Å². The summed E-state index contributed by atoms with van der Waals surface area (Å²) in [4.78, 5) is 2.47. The Kier molecular flexibility index (Phi) is 3.97. The molecular weight excluding hydrogens is 196 g/mol. The van der Waals surface area contributed by atoms with Crippen molar-refractivity contribution in [1.82, 2.24) is 4.90 Å². The molecule has 0 aliphatic heterocycles. The van der Waals surface area contributed by atoms with Gasteiger partial charge in [-0.3, -0.25) is 4.90 Å². The molecule has 2 N–H and O–H groups in total. The van der Waals surface area contributed by atoms with E-state index in [1.54, 1.807) is 0 Å². The third kappa shape index (κ3) is 2.83. The van der Waals surface area contributed by atoms with Gasteiger partial charge in [-0.2, -0.15) is 0 Å². The van der Waals surface area contributed by atoms with Crippen LogP contribution in [0.1, 0.15) is 30.4 Å². The maximum Gasteiger partial charge on any atom is 0.0233 e. The molecular formula is C14H22N2. The van der Waals surface area contributed by atoms with Crippen molar-refractivity contribution in [3.05, 3.63) is 35.4 Å². The smallest absolute Gasteiger partial charge is 0.0233 e. The molecule has 0 bridgehead atoms. The largest absolute Gasteiger partial charge is 0.330 e. The van der Waals surface area contributed by atoms with Crippen LogP contribution in [0.3, 0.4) is 0 Å². The van der Waals surface area contributed by atoms with Gasteiger partial charge < -0.3 is 5.73 Å². The predicted molar refractivity (Wildman–Crippen MR) is 68.3 cm³/mol. The summed E-state index contributed by atoms with van der Waals surface area (Å²) in [6.45, 7) is 1.81. The van der Waals surface area contributed by atoms with Gasteiger partial charge in [-0.25, -0.2) is 0 Å². The highest BCUT2D eigenvalue weighted by atomic mass is 15.1. The molecule has 2 rings (SSSR count). The molecule has 88 valence electrons.